The zero-order valence-corrected chi connectivity index (χ0v) is 13.3. The molecule has 0 aliphatic carbocycles. The van der Waals surface area contributed by atoms with Crippen LogP contribution in [0.1, 0.15) is 6.42 Å². The highest BCUT2D eigenvalue weighted by atomic mass is 32.2. The molecule has 1 aromatic carbocycles. The van der Waals surface area contributed by atoms with Crippen LogP contribution in [0.2, 0.25) is 0 Å². The number of hydrogen-bond acceptors (Lipinski definition) is 4. The SMILES string of the molecule is CN(C(=O)Cn1c(=O)[nH]c2cc(F)ccc21)C1CCS(=O)(=O)C1. The first-order chi connectivity index (χ1) is 10.8. The second kappa shape index (κ2) is 5.48. The van der Waals surface area contributed by atoms with E-state index >= 15 is 0 Å². The molecule has 0 spiro atoms. The van der Waals surface area contributed by atoms with Crippen molar-refractivity contribution in [1.82, 2.24) is 14.5 Å². The molecule has 1 fully saturated rings. The number of rotatable bonds is 3. The van der Waals surface area contributed by atoms with Gasteiger partial charge in [0.15, 0.2) is 9.84 Å². The number of aromatic amines is 1. The lowest BCUT2D eigenvalue weighted by Crippen LogP contribution is -2.40. The molecule has 0 radical (unpaired) electrons. The average molecular weight is 341 g/mol. The Balaban J connectivity index is 1.83. The van der Waals surface area contributed by atoms with E-state index < -0.39 is 21.3 Å². The average Bonchev–Trinajstić information content (AvgIpc) is 2.98. The maximum atomic E-state index is 13.2. The Kier molecular flexibility index (Phi) is 3.75. The number of amides is 1. The molecule has 1 saturated heterocycles. The van der Waals surface area contributed by atoms with E-state index in [1.54, 1.807) is 0 Å². The van der Waals surface area contributed by atoms with Crippen LogP contribution in [0.15, 0.2) is 23.0 Å². The first-order valence-corrected chi connectivity index (χ1v) is 8.93. The van der Waals surface area contributed by atoms with E-state index in [2.05, 4.69) is 4.98 Å². The normalized spacial score (nSPS) is 20.0. The number of imidazole rings is 1. The molecule has 7 nitrogen and oxygen atoms in total. The van der Waals surface area contributed by atoms with Gasteiger partial charge >= 0.3 is 5.69 Å². The van der Waals surface area contributed by atoms with Crippen molar-refractivity contribution in [2.45, 2.75) is 19.0 Å². The zero-order valence-electron chi connectivity index (χ0n) is 12.5. The van der Waals surface area contributed by atoms with Gasteiger partial charge in [-0.25, -0.2) is 17.6 Å². The van der Waals surface area contributed by atoms with Crippen LogP contribution in [0.4, 0.5) is 4.39 Å². The van der Waals surface area contributed by atoms with E-state index in [0.29, 0.717) is 17.5 Å². The fraction of sp³-hybridized carbons (Fsp3) is 0.429. The summed E-state index contributed by atoms with van der Waals surface area (Å²) in [5.74, 6) is -0.824. The minimum absolute atomic E-state index is 0.0523. The third-order valence-electron chi connectivity index (χ3n) is 4.18. The lowest BCUT2D eigenvalue weighted by molar-refractivity contribution is -0.132. The number of nitrogens with zero attached hydrogens (tertiary/aromatic N) is 2. The molecule has 9 heteroatoms. The number of nitrogens with one attached hydrogen (secondary N) is 1. The third kappa shape index (κ3) is 3.00. The van der Waals surface area contributed by atoms with Crippen molar-refractivity contribution in [3.63, 3.8) is 0 Å². The van der Waals surface area contributed by atoms with Crippen molar-refractivity contribution in [2.24, 2.45) is 0 Å². The number of halogens is 1. The molecule has 2 aromatic rings. The Morgan fingerprint density at radius 2 is 2.22 bits per heavy atom. The van der Waals surface area contributed by atoms with Gasteiger partial charge in [-0.3, -0.25) is 9.36 Å². The van der Waals surface area contributed by atoms with Gasteiger partial charge in [0.1, 0.15) is 12.4 Å². The summed E-state index contributed by atoms with van der Waals surface area (Å²) in [6.07, 6.45) is 0.401. The summed E-state index contributed by atoms with van der Waals surface area (Å²) in [6.45, 7) is -0.225. The highest BCUT2D eigenvalue weighted by Gasteiger charge is 2.32. The summed E-state index contributed by atoms with van der Waals surface area (Å²) in [5.41, 5.74) is 0.234. The summed E-state index contributed by atoms with van der Waals surface area (Å²) in [5, 5.41) is 0. The fourth-order valence-electron chi connectivity index (χ4n) is 2.82. The van der Waals surface area contributed by atoms with Gasteiger partial charge in [0.2, 0.25) is 5.91 Å². The molecule has 23 heavy (non-hydrogen) atoms. The summed E-state index contributed by atoms with van der Waals surface area (Å²) >= 11 is 0. The zero-order chi connectivity index (χ0) is 16.8. The number of hydrogen-bond donors (Lipinski definition) is 1. The maximum absolute atomic E-state index is 13.2. The largest absolute Gasteiger partial charge is 0.340 e. The standard InChI is InChI=1S/C14H16FN3O4S/c1-17(10-4-5-23(21,22)8-10)13(19)7-18-12-3-2-9(15)6-11(12)16-14(18)20/h2-3,6,10H,4-5,7-8H2,1H3,(H,16,20). The van der Waals surface area contributed by atoms with Crippen LogP contribution in [0.3, 0.4) is 0 Å². The number of likely N-dealkylation sites (N-methyl/N-ethyl adjacent to an activating group) is 1. The lowest BCUT2D eigenvalue weighted by Gasteiger charge is -2.23. The smallest absolute Gasteiger partial charge is 0.326 e. The molecule has 3 rings (SSSR count). The van der Waals surface area contributed by atoms with Crippen LogP contribution >= 0.6 is 0 Å². The minimum atomic E-state index is -3.09. The Hall–Kier alpha value is -2.16. The summed E-state index contributed by atoms with van der Waals surface area (Å²) in [4.78, 5) is 28.2. The van der Waals surface area contributed by atoms with E-state index in [-0.39, 0.29) is 30.0 Å². The van der Waals surface area contributed by atoms with E-state index in [9.17, 15) is 22.4 Å². The maximum Gasteiger partial charge on any atom is 0.326 e. The van der Waals surface area contributed by atoms with Crippen molar-refractivity contribution in [3.05, 3.63) is 34.5 Å². The van der Waals surface area contributed by atoms with E-state index in [1.807, 2.05) is 0 Å². The van der Waals surface area contributed by atoms with Crippen molar-refractivity contribution in [1.29, 1.82) is 0 Å². The Labute approximate surface area is 131 Å². The van der Waals surface area contributed by atoms with E-state index in [4.69, 9.17) is 0 Å². The molecule has 1 aromatic heterocycles. The van der Waals surface area contributed by atoms with Crippen LogP contribution in [0, 0.1) is 5.82 Å². The molecule has 1 N–H and O–H groups in total. The summed E-state index contributed by atoms with van der Waals surface area (Å²) in [7, 11) is -1.56. The molecule has 0 bridgehead atoms. The Morgan fingerprint density at radius 1 is 1.48 bits per heavy atom. The van der Waals surface area contributed by atoms with Gasteiger partial charge in [0, 0.05) is 13.1 Å². The summed E-state index contributed by atoms with van der Waals surface area (Å²) < 4.78 is 37.4. The van der Waals surface area contributed by atoms with Crippen molar-refractivity contribution < 1.29 is 17.6 Å². The monoisotopic (exact) mass is 341 g/mol. The molecule has 1 atom stereocenters. The minimum Gasteiger partial charge on any atom is -0.340 e. The first-order valence-electron chi connectivity index (χ1n) is 7.11. The molecular formula is C14H16FN3O4S. The first kappa shape index (κ1) is 15.7. The van der Waals surface area contributed by atoms with Gasteiger partial charge < -0.3 is 9.88 Å². The third-order valence-corrected chi connectivity index (χ3v) is 5.93. The second-order valence-electron chi connectivity index (χ2n) is 5.74. The quantitative estimate of drug-likeness (QED) is 0.858. The molecule has 2 heterocycles. The van der Waals surface area contributed by atoms with Crippen molar-refractivity contribution in [3.8, 4) is 0 Å². The molecule has 1 aliphatic heterocycles. The molecule has 1 amide bonds. The van der Waals surface area contributed by atoms with Crippen molar-refractivity contribution >= 4 is 26.8 Å². The number of H-pyrrole nitrogens is 1. The van der Waals surface area contributed by atoms with Gasteiger partial charge in [-0.1, -0.05) is 0 Å². The topological polar surface area (TPSA) is 92.2 Å². The van der Waals surface area contributed by atoms with Crippen LogP contribution < -0.4 is 5.69 Å². The number of sulfone groups is 1. The van der Waals surface area contributed by atoms with E-state index in [0.717, 1.165) is 0 Å². The van der Waals surface area contributed by atoms with Crippen LogP contribution in [0.5, 0.6) is 0 Å². The Bertz CT molecular complexity index is 931. The van der Waals surface area contributed by atoms with Gasteiger partial charge in [-0.05, 0) is 24.6 Å². The number of carbonyl (C=O) groups excluding carboxylic acids is 1. The second-order valence-corrected chi connectivity index (χ2v) is 7.97. The molecule has 1 aliphatic rings. The van der Waals surface area contributed by atoms with E-state index in [1.165, 1.54) is 34.7 Å². The number of fused-ring (bicyclic) bond motifs is 1. The predicted octanol–water partition coefficient (Wildman–Crippen LogP) is 0.114. The van der Waals surface area contributed by atoms with Gasteiger partial charge in [-0.2, -0.15) is 0 Å². The Morgan fingerprint density at radius 3 is 2.87 bits per heavy atom. The van der Waals surface area contributed by atoms with Gasteiger partial charge in [0.05, 0.1) is 22.5 Å². The van der Waals surface area contributed by atoms with Gasteiger partial charge in [0.25, 0.3) is 0 Å². The van der Waals surface area contributed by atoms with Crippen LogP contribution in [0.25, 0.3) is 11.0 Å². The molecular weight excluding hydrogens is 325 g/mol. The number of benzene rings is 1. The molecule has 124 valence electrons. The lowest BCUT2D eigenvalue weighted by atomic mass is 10.2. The molecule has 1 unspecified atom stereocenters. The predicted molar refractivity (Wildman–Crippen MR) is 82.3 cm³/mol. The number of aromatic nitrogens is 2. The van der Waals surface area contributed by atoms with Crippen LogP contribution in [-0.2, 0) is 21.2 Å². The highest BCUT2D eigenvalue weighted by molar-refractivity contribution is 7.91. The van der Waals surface area contributed by atoms with Crippen LogP contribution in [-0.4, -0.2) is 53.4 Å². The van der Waals surface area contributed by atoms with Gasteiger partial charge in [-0.15, -0.1) is 0 Å². The van der Waals surface area contributed by atoms with Crippen molar-refractivity contribution in [2.75, 3.05) is 18.6 Å². The summed E-state index contributed by atoms with van der Waals surface area (Å²) in [6, 6.07) is 3.45. The molecule has 0 saturated carbocycles. The number of carbonyl (C=O) groups is 1. The highest BCUT2D eigenvalue weighted by Crippen LogP contribution is 2.17. The fourth-order valence-corrected chi connectivity index (χ4v) is 4.60.